The molecule has 5 heteroatoms. The van der Waals surface area contributed by atoms with Crippen LogP contribution < -0.4 is 5.73 Å². The first kappa shape index (κ1) is 9.84. The first-order valence-corrected chi connectivity index (χ1v) is 5.65. The second-order valence-electron chi connectivity index (χ2n) is 5.07. The quantitative estimate of drug-likeness (QED) is 0.762. The molecule has 2 N–H and O–H groups in total. The summed E-state index contributed by atoms with van der Waals surface area (Å²) in [5, 5.41) is 4.00. The van der Waals surface area contributed by atoms with Crippen molar-refractivity contribution >= 4 is 5.91 Å². The summed E-state index contributed by atoms with van der Waals surface area (Å²) in [6.07, 6.45) is 5.81. The molecular weight excluding hydrogens is 204 g/mol. The van der Waals surface area contributed by atoms with E-state index in [-0.39, 0.29) is 11.4 Å². The van der Waals surface area contributed by atoms with Gasteiger partial charge in [-0.05, 0) is 18.8 Å². The molecule has 1 aromatic rings. The Kier molecular flexibility index (Phi) is 1.89. The minimum absolute atomic E-state index is 0.0508. The zero-order chi connectivity index (χ0) is 11.3. The smallest absolute Gasteiger partial charge is 0.257 e. The number of hydrogen-bond acceptors (Lipinski definition) is 3. The highest BCUT2D eigenvalue weighted by Gasteiger charge is 2.51. The van der Waals surface area contributed by atoms with Crippen molar-refractivity contribution in [1.29, 1.82) is 0 Å². The number of aryl methyl sites for hydroxylation is 1. The van der Waals surface area contributed by atoms with Gasteiger partial charge in [-0.3, -0.25) is 9.48 Å². The maximum atomic E-state index is 12.0. The highest BCUT2D eigenvalue weighted by atomic mass is 16.2. The van der Waals surface area contributed by atoms with Gasteiger partial charge in [-0.1, -0.05) is 0 Å². The zero-order valence-electron chi connectivity index (χ0n) is 9.39. The maximum Gasteiger partial charge on any atom is 0.257 e. The highest BCUT2D eigenvalue weighted by Crippen LogP contribution is 2.43. The summed E-state index contributed by atoms with van der Waals surface area (Å²) in [6.45, 7) is 1.40. The van der Waals surface area contributed by atoms with Crippen molar-refractivity contribution in [1.82, 2.24) is 14.7 Å². The molecule has 0 unspecified atom stereocenters. The number of carbonyl (C=O) groups is 1. The topological polar surface area (TPSA) is 64.2 Å². The van der Waals surface area contributed by atoms with Crippen LogP contribution in [-0.4, -0.2) is 39.2 Å². The number of aromatic nitrogens is 2. The molecule has 1 saturated heterocycles. The van der Waals surface area contributed by atoms with Gasteiger partial charge in [0, 0.05) is 26.3 Å². The van der Waals surface area contributed by atoms with Crippen LogP contribution in [0.4, 0.5) is 0 Å². The molecule has 0 bridgehead atoms. The van der Waals surface area contributed by atoms with E-state index in [4.69, 9.17) is 5.73 Å². The van der Waals surface area contributed by atoms with Gasteiger partial charge in [0.05, 0.1) is 17.3 Å². The summed E-state index contributed by atoms with van der Waals surface area (Å²) >= 11 is 0. The summed E-state index contributed by atoms with van der Waals surface area (Å²) in [7, 11) is 1.81. The van der Waals surface area contributed by atoms with Crippen LogP contribution in [0, 0.1) is 5.92 Å². The minimum Gasteiger partial charge on any atom is -0.335 e. The van der Waals surface area contributed by atoms with Crippen molar-refractivity contribution in [3.05, 3.63) is 18.0 Å². The predicted octanol–water partition coefficient (Wildman–Crippen LogP) is -0.0166. The first-order chi connectivity index (χ1) is 7.58. The third-order valence-electron chi connectivity index (χ3n) is 3.60. The molecule has 1 saturated carbocycles. The molecule has 0 spiro atoms. The SMILES string of the molecule is Cn1cc(C(=O)N2CC(N)(C3CC3)C2)cn1. The van der Waals surface area contributed by atoms with Crippen LogP contribution in [-0.2, 0) is 7.05 Å². The number of carbonyl (C=O) groups excluding carboxylic acids is 1. The molecule has 1 amide bonds. The van der Waals surface area contributed by atoms with Crippen molar-refractivity contribution in [2.75, 3.05) is 13.1 Å². The summed E-state index contributed by atoms with van der Waals surface area (Å²) in [6, 6.07) is 0. The normalized spacial score (nSPS) is 23.0. The van der Waals surface area contributed by atoms with E-state index >= 15 is 0 Å². The van der Waals surface area contributed by atoms with Gasteiger partial charge in [0.15, 0.2) is 0 Å². The molecule has 3 rings (SSSR count). The fourth-order valence-electron chi connectivity index (χ4n) is 2.44. The van der Waals surface area contributed by atoms with Gasteiger partial charge in [0.2, 0.25) is 0 Å². The third-order valence-corrected chi connectivity index (χ3v) is 3.60. The molecule has 1 aliphatic carbocycles. The molecule has 5 nitrogen and oxygen atoms in total. The lowest BCUT2D eigenvalue weighted by molar-refractivity contribution is 0.0350. The van der Waals surface area contributed by atoms with Gasteiger partial charge in [-0.25, -0.2) is 0 Å². The van der Waals surface area contributed by atoms with Gasteiger partial charge in [-0.15, -0.1) is 0 Å². The average molecular weight is 220 g/mol. The van der Waals surface area contributed by atoms with E-state index in [0.717, 1.165) is 0 Å². The van der Waals surface area contributed by atoms with Crippen LogP contribution in [0.3, 0.4) is 0 Å². The van der Waals surface area contributed by atoms with Crippen LogP contribution >= 0.6 is 0 Å². The number of nitrogens with two attached hydrogens (primary N) is 1. The van der Waals surface area contributed by atoms with E-state index in [9.17, 15) is 4.79 Å². The van der Waals surface area contributed by atoms with Crippen LogP contribution in [0.2, 0.25) is 0 Å². The summed E-state index contributed by atoms with van der Waals surface area (Å²) < 4.78 is 1.64. The Balaban J connectivity index is 1.66. The van der Waals surface area contributed by atoms with E-state index in [1.165, 1.54) is 12.8 Å². The summed E-state index contributed by atoms with van der Waals surface area (Å²) in [5.41, 5.74) is 6.76. The van der Waals surface area contributed by atoms with E-state index in [1.807, 2.05) is 11.9 Å². The van der Waals surface area contributed by atoms with E-state index in [0.29, 0.717) is 24.6 Å². The molecule has 0 atom stereocenters. The Morgan fingerprint density at radius 1 is 1.56 bits per heavy atom. The Bertz CT molecular complexity index is 429. The monoisotopic (exact) mass is 220 g/mol. The largest absolute Gasteiger partial charge is 0.335 e. The number of amides is 1. The second kappa shape index (κ2) is 3.07. The van der Waals surface area contributed by atoms with Gasteiger partial charge in [-0.2, -0.15) is 5.10 Å². The van der Waals surface area contributed by atoms with Crippen molar-refractivity contribution < 1.29 is 4.79 Å². The molecule has 2 heterocycles. The first-order valence-electron chi connectivity index (χ1n) is 5.65. The average Bonchev–Trinajstić information content (AvgIpc) is 2.96. The van der Waals surface area contributed by atoms with Crippen LogP contribution in [0.1, 0.15) is 23.2 Å². The van der Waals surface area contributed by atoms with E-state index < -0.39 is 0 Å². The Labute approximate surface area is 94.2 Å². The minimum atomic E-state index is -0.0993. The van der Waals surface area contributed by atoms with Crippen LogP contribution in [0.15, 0.2) is 12.4 Å². The standard InChI is InChI=1S/C11H16N4O/c1-14-5-8(4-13-14)10(16)15-6-11(12,7-15)9-2-3-9/h4-5,9H,2-3,6-7,12H2,1H3. The molecule has 1 aromatic heterocycles. The number of hydrogen-bond donors (Lipinski definition) is 1. The summed E-state index contributed by atoms with van der Waals surface area (Å²) in [5.74, 6) is 0.695. The van der Waals surface area contributed by atoms with Crippen molar-refractivity contribution in [3.63, 3.8) is 0 Å². The lowest BCUT2D eigenvalue weighted by atomic mass is 9.85. The Morgan fingerprint density at radius 2 is 2.25 bits per heavy atom. The van der Waals surface area contributed by atoms with Crippen molar-refractivity contribution in [2.24, 2.45) is 18.7 Å². The highest BCUT2D eigenvalue weighted by molar-refractivity contribution is 5.94. The van der Waals surface area contributed by atoms with E-state index in [1.54, 1.807) is 17.1 Å². The Hall–Kier alpha value is -1.36. The van der Waals surface area contributed by atoms with Gasteiger partial charge >= 0.3 is 0 Å². The van der Waals surface area contributed by atoms with Crippen molar-refractivity contribution in [2.45, 2.75) is 18.4 Å². The molecule has 16 heavy (non-hydrogen) atoms. The van der Waals surface area contributed by atoms with Gasteiger partial charge in [0.1, 0.15) is 0 Å². The molecule has 0 aromatic carbocycles. The van der Waals surface area contributed by atoms with Crippen LogP contribution in [0.5, 0.6) is 0 Å². The van der Waals surface area contributed by atoms with Crippen LogP contribution in [0.25, 0.3) is 0 Å². The number of likely N-dealkylation sites (tertiary alicyclic amines) is 1. The molecular formula is C11H16N4O. The molecule has 1 aliphatic heterocycles. The lowest BCUT2D eigenvalue weighted by Gasteiger charge is -2.48. The van der Waals surface area contributed by atoms with Gasteiger partial charge < -0.3 is 10.6 Å². The van der Waals surface area contributed by atoms with Crippen molar-refractivity contribution in [3.8, 4) is 0 Å². The number of nitrogens with zero attached hydrogens (tertiary/aromatic N) is 3. The Morgan fingerprint density at radius 3 is 2.75 bits per heavy atom. The van der Waals surface area contributed by atoms with Gasteiger partial charge in [0.25, 0.3) is 5.91 Å². The second-order valence-corrected chi connectivity index (χ2v) is 5.07. The molecule has 0 radical (unpaired) electrons. The fraction of sp³-hybridized carbons (Fsp3) is 0.636. The molecule has 2 aliphatic rings. The zero-order valence-corrected chi connectivity index (χ0v) is 9.39. The number of rotatable bonds is 2. The molecule has 2 fully saturated rings. The predicted molar refractivity (Wildman–Crippen MR) is 58.8 cm³/mol. The van der Waals surface area contributed by atoms with E-state index in [2.05, 4.69) is 5.10 Å². The lowest BCUT2D eigenvalue weighted by Crippen LogP contribution is -2.69. The fourth-order valence-corrected chi connectivity index (χ4v) is 2.44. The molecule has 86 valence electrons. The summed E-state index contributed by atoms with van der Waals surface area (Å²) in [4.78, 5) is 13.8. The maximum absolute atomic E-state index is 12.0. The third kappa shape index (κ3) is 1.43.